The van der Waals surface area contributed by atoms with Crippen molar-refractivity contribution in [2.24, 2.45) is 0 Å². The van der Waals surface area contributed by atoms with Crippen molar-refractivity contribution in [1.82, 2.24) is 18.9 Å². The summed E-state index contributed by atoms with van der Waals surface area (Å²) in [6.07, 6.45) is 5.93. The number of aromatic nitrogens is 4. The Balaban J connectivity index is 1.62. The highest BCUT2D eigenvalue weighted by Gasteiger charge is 2.42. The number of nitrogens with zero attached hydrogens (tertiary/aromatic N) is 4. The number of rotatable bonds is 4. The molecule has 0 atom stereocenters. The first-order chi connectivity index (χ1) is 17.3. The summed E-state index contributed by atoms with van der Waals surface area (Å²) in [5, 5.41) is 10.9. The van der Waals surface area contributed by atoms with Crippen molar-refractivity contribution in [1.29, 1.82) is 0 Å². The molecule has 1 saturated carbocycles. The third-order valence-electron chi connectivity index (χ3n) is 6.93. The fourth-order valence-corrected chi connectivity index (χ4v) is 5.20. The molecule has 5 aromatic rings. The van der Waals surface area contributed by atoms with Crippen LogP contribution in [-0.4, -0.2) is 36.8 Å². The van der Waals surface area contributed by atoms with Crippen LogP contribution >= 0.6 is 0 Å². The molecule has 0 bridgehead atoms. The van der Waals surface area contributed by atoms with Gasteiger partial charge in [0, 0.05) is 34.9 Å². The number of hydrogen-bond donors (Lipinski definition) is 2. The lowest BCUT2D eigenvalue weighted by molar-refractivity contribution is -0.0335. The Kier molecular flexibility index (Phi) is 4.87. The van der Waals surface area contributed by atoms with Gasteiger partial charge in [-0.1, -0.05) is 18.2 Å². The Morgan fingerprint density at radius 3 is 2.64 bits per heavy atom. The van der Waals surface area contributed by atoms with Crippen molar-refractivity contribution in [3.05, 3.63) is 83.1 Å². The molecule has 1 aliphatic carbocycles. The number of nitrogen functional groups attached to an aromatic ring is 1. The molecule has 1 aliphatic rings. The lowest BCUT2D eigenvalue weighted by Crippen LogP contribution is -2.40. The van der Waals surface area contributed by atoms with Gasteiger partial charge in [-0.05, 0) is 44.0 Å². The SMILES string of the molecule is COc1cn(-c2ccccc2)c(=O)c2cc(-c3nc(C4CC(C)(O)C4)n4ccnc(N)c34)c(F)cc12. The van der Waals surface area contributed by atoms with Gasteiger partial charge < -0.3 is 15.6 Å². The van der Waals surface area contributed by atoms with Crippen LogP contribution in [0.4, 0.5) is 10.2 Å². The monoisotopic (exact) mass is 485 g/mol. The van der Waals surface area contributed by atoms with E-state index in [0.717, 1.165) is 0 Å². The van der Waals surface area contributed by atoms with E-state index in [1.54, 1.807) is 29.9 Å². The summed E-state index contributed by atoms with van der Waals surface area (Å²) in [6.45, 7) is 1.78. The number of aliphatic hydroxyl groups is 1. The molecular weight excluding hydrogens is 461 g/mol. The van der Waals surface area contributed by atoms with Gasteiger partial charge in [0.15, 0.2) is 0 Å². The van der Waals surface area contributed by atoms with Gasteiger partial charge in [0.2, 0.25) is 0 Å². The molecule has 0 aliphatic heterocycles. The second kappa shape index (κ2) is 7.89. The minimum absolute atomic E-state index is 0.0121. The molecular formula is C27H24FN5O3. The van der Waals surface area contributed by atoms with E-state index in [1.165, 1.54) is 23.8 Å². The van der Waals surface area contributed by atoms with E-state index in [9.17, 15) is 9.90 Å². The summed E-state index contributed by atoms with van der Waals surface area (Å²) in [5.41, 5.74) is 6.72. The summed E-state index contributed by atoms with van der Waals surface area (Å²) < 4.78 is 24.4. The Labute approximate surface area is 205 Å². The largest absolute Gasteiger partial charge is 0.495 e. The van der Waals surface area contributed by atoms with Crippen LogP contribution in [0, 0.1) is 5.82 Å². The van der Waals surface area contributed by atoms with Gasteiger partial charge in [-0.3, -0.25) is 13.8 Å². The van der Waals surface area contributed by atoms with E-state index in [1.807, 2.05) is 30.3 Å². The van der Waals surface area contributed by atoms with E-state index in [-0.39, 0.29) is 28.2 Å². The first-order valence-corrected chi connectivity index (χ1v) is 11.6. The number of nitrogens with two attached hydrogens (primary N) is 1. The molecule has 1 fully saturated rings. The molecule has 0 radical (unpaired) electrons. The van der Waals surface area contributed by atoms with Crippen LogP contribution in [0.1, 0.15) is 31.5 Å². The van der Waals surface area contributed by atoms with Gasteiger partial charge in [-0.25, -0.2) is 14.4 Å². The van der Waals surface area contributed by atoms with Crippen molar-refractivity contribution in [2.45, 2.75) is 31.3 Å². The van der Waals surface area contributed by atoms with Gasteiger partial charge in [-0.15, -0.1) is 0 Å². The van der Waals surface area contributed by atoms with Crippen LogP contribution in [0.5, 0.6) is 5.75 Å². The standard InChI is InChI=1S/C27H24FN5O3/c1-27(35)12-15(13-27)25-31-22(23-24(29)30-8-9-32(23)25)19-10-18-17(11-20(19)28)21(36-2)14-33(26(18)34)16-6-4-3-5-7-16/h3-11,14-15,35H,12-13H2,1-2H3,(H2,29,30). The summed E-state index contributed by atoms with van der Waals surface area (Å²) in [7, 11) is 1.48. The van der Waals surface area contributed by atoms with E-state index < -0.39 is 11.4 Å². The summed E-state index contributed by atoms with van der Waals surface area (Å²) in [4.78, 5) is 22.5. The van der Waals surface area contributed by atoms with Crippen LogP contribution in [0.25, 0.3) is 33.2 Å². The molecule has 3 aromatic heterocycles. The van der Waals surface area contributed by atoms with Crippen molar-refractivity contribution in [2.75, 3.05) is 12.8 Å². The molecule has 3 N–H and O–H groups in total. The predicted molar refractivity (Wildman–Crippen MR) is 135 cm³/mol. The van der Waals surface area contributed by atoms with Gasteiger partial charge in [0.1, 0.15) is 34.4 Å². The maximum atomic E-state index is 15.7. The Morgan fingerprint density at radius 2 is 1.94 bits per heavy atom. The summed E-state index contributed by atoms with van der Waals surface area (Å²) in [6, 6.07) is 12.0. The number of halogens is 1. The number of methoxy groups -OCH3 is 1. The molecule has 0 amide bonds. The number of imidazole rings is 1. The molecule has 182 valence electrons. The van der Waals surface area contributed by atoms with Crippen molar-refractivity contribution >= 4 is 22.1 Å². The average Bonchev–Trinajstić information content (AvgIpc) is 3.23. The Morgan fingerprint density at radius 1 is 1.19 bits per heavy atom. The average molecular weight is 486 g/mol. The number of anilines is 1. The van der Waals surface area contributed by atoms with E-state index in [2.05, 4.69) is 4.98 Å². The Hall–Kier alpha value is -4.24. The first kappa shape index (κ1) is 22.2. The van der Waals surface area contributed by atoms with E-state index in [0.29, 0.717) is 46.7 Å². The number of hydrogen-bond acceptors (Lipinski definition) is 6. The minimum Gasteiger partial charge on any atom is -0.495 e. The highest BCUT2D eigenvalue weighted by molar-refractivity contribution is 5.94. The van der Waals surface area contributed by atoms with Crippen molar-refractivity contribution in [3.8, 4) is 22.7 Å². The second-order valence-corrected chi connectivity index (χ2v) is 9.54. The molecule has 9 heteroatoms. The molecule has 6 rings (SSSR count). The number of fused-ring (bicyclic) bond motifs is 2. The summed E-state index contributed by atoms with van der Waals surface area (Å²) in [5.74, 6) is 0.666. The van der Waals surface area contributed by atoms with Gasteiger partial charge >= 0.3 is 0 Å². The van der Waals surface area contributed by atoms with Gasteiger partial charge in [0.25, 0.3) is 5.56 Å². The van der Waals surface area contributed by atoms with Crippen LogP contribution < -0.4 is 16.0 Å². The van der Waals surface area contributed by atoms with Gasteiger partial charge in [0.05, 0.1) is 24.3 Å². The molecule has 0 spiro atoms. The zero-order valence-corrected chi connectivity index (χ0v) is 19.8. The maximum absolute atomic E-state index is 15.7. The Bertz CT molecular complexity index is 1700. The number of ether oxygens (including phenoxy) is 1. The number of benzene rings is 2. The number of para-hydroxylation sites is 1. The molecule has 2 aromatic carbocycles. The zero-order chi connectivity index (χ0) is 25.2. The van der Waals surface area contributed by atoms with Gasteiger partial charge in [-0.2, -0.15) is 0 Å². The van der Waals surface area contributed by atoms with Crippen LogP contribution in [0.3, 0.4) is 0 Å². The zero-order valence-electron chi connectivity index (χ0n) is 19.8. The van der Waals surface area contributed by atoms with E-state index >= 15 is 4.39 Å². The van der Waals surface area contributed by atoms with E-state index in [4.69, 9.17) is 15.5 Å². The molecule has 3 heterocycles. The normalized spacial score (nSPS) is 19.5. The molecule has 0 saturated heterocycles. The predicted octanol–water partition coefficient (Wildman–Crippen LogP) is 4.06. The molecule has 8 nitrogen and oxygen atoms in total. The van der Waals surface area contributed by atoms with Crippen LogP contribution in [-0.2, 0) is 0 Å². The lowest BCUT2D eigenvalue weighted by Gasteiger charge is -2.40. The van der Waals surface area contributed by atoms with Crippen LogP contribution in [0.2, 0.25) is 0 Å². The third kappa shape index (κ3) is 3.35. The fraction of sp³-hybridized carbons (Fsp3) is 0.222. The fourth-order valence-electron chi connectivity index (χ4n) is 5.20. The molecule has 0 unspecified atom stereocenters. The lowest BCUT2D eigenvalue weighted by atomic mass is 9.72. The first-order valence-electron chi connectivity index (χ1n) is 11.6. The maximum Gasteiger partial charge on any atom is 0.263 e. The quantitative estimate of drug-likeness (QED) is 0.398. The highest BCUT2D eigenvalue weighted by Crippen LogP contribution is 2.45. The smallest absolute Gasteiger partial charge is 0.263 e. The highest BCUT2D eigenvalue weighted by atomic mass is 19.1. The summed E-state index contributed by atoms with van der Waals surface area (Å²) >= 11 is 0. The molecule has 36 heavy (non-hydrogen) atoms. The number of pyridine rings is 1. The van der Waals surface area contributed by atoms with Crippen molar-refractivity contribution < 1.29 is 14.2 Å². The second-order valence-electron chi connectivity index (χ2n) is 9.54. The topological polar surface area (TPSA) is 108 Å². The minimum atomic E-state index is -0.761. The van der Waals surface area contributed by atoms with Crippen molar-refractivity contribution in [3.63, 3.8) is 0 Å². The third-order valence-corrected chi connectivity index (χ3v) is 6.93. The van der Waals surface area contributed by atoms with Crippen LogP contribution in [0.15, 0.2) is 65.8 Å².